The van der Waals surface area contributed by atoms with E-state index in [1.807, 2.05) is 6.08 Å². The Morgan fingerprint density at radius 2 is 2.08 bits per heavy atom. The van der Waals surface area contributed by atoms with Crippen LogP contribution in [0.3, 0.4) is 0 Å². The minimum Gasteiger partial charge on any atom is -0.295 e. The molecule has 0 amide bonds. The lowest BCUT2D eigenvalue weighted by atomic mass is 9.96. The fourth-order valence-corrected chi connectivity index (χ4v) is 1.78. The smallest absolute Gasteiger partial charge is 0.155 e. The first-order chi connectivity index (χ1) is 6.22. The molecule has 0 saturated carbocycles. The fourth-order valence-electron chi connectivity index (χ4n) is 1.78. The number of hydrogen-bond acceptors (Lipinski definition) is 1. The topological polar surface area (TPSA) is 17.1 Å². The van der Waals surface area contributed by atoms with Crippen molar-refractivity contribution in [3.05, 3.63) is 11.6 Å². The Morgan fingerprint density at radius 1 is 1.38 bits per heavy atom. The summed E-state index contributed by atoms with van der Waals surface area (Å²) in [6.45, 7) is 4.47. The lowest BCUT2D eigenvalue weighted by Gasteiger charge is -2.10. The van der Waals surface area contributed by atoms with Crippen LogP contribution in [0.4, 0.5) is 0 Å². The lowest BCUT2D eigenvalue weighted by Crippen LogP contribution is -1.96. The van der Waals surface area contributed by atoms with E-state index < -0.39 is 0 Å². The molecule has 0 fully saturated rings. The highest BCUT2D eigenvalue weighted by atomic mass is 16.1. The number of allylic oxidation sites excluding steroid dienone is 2. The summed E-state index contributed by atoms with van der Waals surface area (Å²) >= 11 is 0. The lowest BCUT2D eigenvalue weighted by molar-refractivity contribution is -0.114. The molecule has 0 bridgehead atoms. The quantitative estimate of drug-likeness (QED) is 0.649. The molecule has 1 atom stereocenters. The van der Waals surface area contributed by atoms with Gasteiger partial charge in [0.1, 0.15) is 0 Å². The van der Waals surface area contributed by atoms with Crippen LogP contribution in [-0.4, -0.2) is 5.78 Å². The van der Waals surface area contributed by atoms with E-state index in [4.69, 9.17) is 0 Å². The minimum atomic E-state index is 0.343. The van der Waals surface area contributed by atoms with E-state index >= 15 is 0 Å². The monoisotopic (exact) mass is 180 g/mol. The average molecular weight is 180 g/mol. The van der Waals surface area contributed by atoms with E-state index in [-0.39, 0.29) is 0 Å². The van der Waals surface area contributed by atoms with Gasteiger partial charge >= 0.3 is 0 Å². The Labute approximate surface area is 81.2 Å². The maximum atomic E-state index is 11.3. The van der Waals surface area contributed by atoms with Crippen molar-refractivity contribution in [3.8, 4) is 0 Å². The van der Waals surface area contributed by atoms with E-state index in [2.05, 4.69) is 13.8 Å². The molecule has 0 aromatic heterocycles. The second-order valence-corrected chi connectivity index (χ2v) is 4.19. The maximum Gasteiger partial charge on any atom is 0.155 e. The third kappa shape index (κ3) is 3.75. The normalized spacial score (nSPS) is 20.8. The highest BCUT2D eigenvalue weighted by molar-refractivity contribution is 5.90. The van der Waals surface area contributed by atoms with E-state index in [1.165, 1.54) is 18.4 Å². The highest BCUT2D eigenvalue weighted by Gasteiger charge is 2.10. The van der Waals surface area contributed by atoms with Crippen molar-refractivity contribution in [1.82, 2.24) is 0 Å². The molecule has 0 aromatic carbocycles. The maximum absolute atomic E-state index is 11.3. The van der Waals surface area contributed by atoms with Gasteiger partial charge in [-0.2, -0.15) is 0 Å². The first-order valence-corrected chi connectivity index (χ1v) is 5.44. The Balaban J connectivity index is 2.50. The van der Waals surface area contributed by atoms with Gasteiger partial charge in [0.25, 0.3) is 0 Å². The molecule has 1 heteroatoms. The first-order valence-electron chi connectivity index (χ1n) is 5.44. The molecule has 0 saturated heterocycles. The minimum absolute atomic E-state index is 0.343. The summed E-state index contributed by atoms with van der Waals surface area (Å²) in [7, 11) is 0. The van der Waals surface area contributed by atoms with Gasteiger partial charge in [-0.3, -0.25) is 4.79 Å². The molecular formula is C12H20O. The number of carbonyl (C=O) groups excluding carboxylic acids is 1. The number of hydrogen-bond donors (Lipinski definition) is 0. The van der Waals surface area contributed by atoms with Crippen molar-refractivity contribution < 1.29 is 4.79 Å². The largest absolute Gasteiger partial charge is 0.295 e. The van der Waals surface area contributed by atoms with Gasteiger partial charge in [-0.1, -0.05) is 25.8 Å². The summed E-state index contributed by atoms with van der Waals surface area (Å²) in [5.74, 6) is 1.08. The second kappa shape index (κ2) is 5.21. The molecule has 0 aromatic rings. The molecule has 0 N–H and O–H groups in total. The van der Waals surface area contributed by atoms with Crippen molar-refractivity contribution in [3.63, 3.8) is 0 Å². The molecule has 1 aliphatic carbocycles. The summed E-state index contributed by atoms with van der Waals surface area (Å²) in [4.78, 5) is 11.3. The van der Waals surface area contributed by atoms with Crippen LogP contribution in [0.5, 0.6) is 0 Å². The first kappa shape index (κ1) is 10.5. The predicted octanol–water partition coefficient (Wildman–Crippen LogP) is 3.49. The Hall–Kier alpha value is -0.590. The van der Waals surface area contributed by atoms with Gasteiger partial charge in [-0.15, -0.1) is 0 Å². The van der Waals surface area contributed by atoms with Crippen LogP contribution in [0, 0.1) is 5.92 Å². The summed E-state index contributed by atoms with van der Waals surface area (Å²) in [5, 5.41) is 0. The Morgan fingerprint density at radius 3 is 2.77 bits per heavy atom. The van der Waals surface area contributed by atoms with Gasteiger partial charge in [0.2, 0.25) is 0 Å². The summed E-state index contributed by atoms with van der Waals surface area (Å²) < 4.78 is 0. The third-order valence-electron chi connectivity index (χ3n) is 2.84. The number of carbonyl (C=O) groups is 1. The molecule has 0 aliphatic heterocycles. The predicted molar refractivity (Wildman–Crippen MR) is 55.6 cm³/mol. The molecule has 1 nitrogen and oxygen atoms in total. The van der Waals surface area contributed by atoms with Crippen LogP contribution < -0.4 is 0 Å². The van der Waals surface area contributed by atoms with Crippen molar-refractivity contribution in [2.45, 2.75) is 52.4 Å². The van der Waals surface area contributed by atoms with Crippen LogP contribution in [0.25, 0.3) is 0 Å². The Kier molecular flexibility index (Phi) is 4.20. The molecule has 0 spiro atoms. The molecule has 13 heavy (non-hydrogen) atoms. The molecule has 1 aliphatic rings. The van der Waals surface area contributed by atoms with Crippen LogP contribution in [0.15, 0.2) is 11.6 Å². The van der Waals surface area contributed by atoms with Gasteiger partial charge in [-0.25, -0.2) is 0 Å². The number of ketones is 1. The van der Waals surface area contributed by atoms with Crippen LogP contribution >= 0.6 is 0 Å². The van der Waals surface area contributed by atoms with E-state index in [9.17, 15) is 4.79 Å². The highest BCUT2D eigenvalue weighted by Crippen LogP contribution is 2.22. The van der Waals surface area contributed by atoms with Crippen molar-refractivity contribution in [2.75, 3.05) is 0 Å². The van der Waals surface area contributed by atoms with Crippen molar-refractivity contribution >= 4 is 5.78 Å². The number of rotatable bonds is 3. The second-order valence-electron chi connectivity index (χ2n) is 4.19. The van der Waals surface area contributed by atoms with Crippen molar-refractivity contribution in [1.29, 1.82) is 0 Å². The molecule has 0 heterocycles. The molecule has 1 unspecified atom stereocenters. The van der Waals surface area contributed by atoms with E-state index in [1.54, 1.807) is 0 Å². The van der Waals surface area contributed by atoms with E-state index in [0.717, 1.165) is 31.6 Å². The summed E-state index contributed by atoms with van der Waals surface area (Å²) in [6, 6.07) is 0. The van der Waals surface area contributed by atoms with Gasteiger partial charge in [-0.05, 0) is 37.7 Å². The molecular weight excluding hydrogens is 160 g/mol. The standard InChI is InChI=1S/C12H20O/c1-3-10(2)8-11-6-4-5-7-12(13)9-11/h9-10H,3-8H2,1-2H3. The van der Waals surface area contributed by atoms with Crippen LogP contribution in [0.2, 0.25) is 0 Å². The zero-order valence-electron chi connectivity index (χ0n) is 8.81. The van der Waals surface area contributed by atoms with Gasteiger partial charge < -0.3 is 0 Å². The van der Waals surface area contributed by atoms with Crippen LogP contribution in [0.1, 0.15) is 52.4 Å². The third-order valence-corrected chi connectivity index (χ3v) is 2.84. The summed E-state index contributed by atoms with van der Waals surface area (Å²) in [5.41, 5.74) is 1.39. The van der Waals surface area contributed by atoms with Gasteiger partial charge in [0.15, 0.2) is 5.78 Å². The van der Waals surface area contributed by atoms with Crippen molar-refractivity contribution in [2.24, 2.45) is 5.92 Å². The Bertz CT molecular complexity index is 203. The van der Waals surface area contributed by atoms with E-state index in [0.29, 0.717) is 5.78 Å². The molecule has 74 valence electrons. The fraction of sp³-hybridized carbons (Fsp3) is 0.750. The summed E-state index contributed by atoms with van der Waals surface area (Å²) in [6.07, 6.45) is 8.44. The zero-order valence-corrected chi connectivity index (χ0v) is 8.81. The van der Waals surface area contributed by atoms with Crippen LogP contribution in [-0.2, 0) is 4.79 Å². The zero-order chi connectivity index (χ0) is 9.68. The molecule has 0 radical (unpaired) electrons. The van der Waals surface area contributed by atoms with Gasteiger partial charge in [0.05, 0.1) is 0 Å². The molecule has 1 rings (SSSR count). The average Bonchev–Trinajstić information content (AvgIpc) is 2.30. The van der Waals surface area contributed by atoms with Gasteiger partial charge in [0, 0.05) is 6.42 Å². The SMILES string of the molecule is CCC(C)CC1=CC(=O)CCCC1.